The van der Waals surface area contributed by atoms with E-state index in [-0.39, 0.29) is 24.2 Å². The predicted octanol–water partition coefficient (Wildman–Crippen LogP) is 3.99. The van der Waals surface area contributed by atoms with Gasteiger partial charge in [-0.2, -0.15) is 5.26 Å². The van der Waals surface area contributed by atoms with Crippen molar-refractivity contribution in [3.63, 3.8) is 0 Å². The SMILES string of the molecule is Cc1ccc(OCOCC[Si](C)(C)C)c(C)c1-n1c(C(=O)N2CC3COCC3C2)nc(C#N)c1N=CN(C)C. The van der Waals surface area contributed by atoms with Gasteiger partial charge in [-0.3, -0.25) is 9.36 Å². The Morgan fingerprint density at radius 2 is 1.95 bits per heavy atom. The minimum absolute atomic E-state index is 0.0963. The molecule has 210 valence electrons. The summed E-state index contributed by atoms with van der Waals surface area (Å²) in [6.07, 6.45) is 1.61. The second-order valence-corrected chi connectivity index (χ2v) is 17.5. The molecule has 0 saturated carbocycles. The minimum atomic E-state index is -1.19. The van der Waals surface area contributed by atoms with E-state index in [0.717, 1.165) is 22.9 Å². The quantitative estimate of drug-likeness (QED) is 0.144. The van der Waals surface area contributed by atoms with Gasteiger partial charge < -0.3 is 24.0 Å². The molecule has 2 unspecified atom stereocenters. The molecule has 3 heterocycles. The molecule has 4 rings (SSSR count). The average Bonchev–Trinajstić information content (AvgIpc) is 3.56. The maximum atomic E-state index is 13.9. The summed E-state index contributed by atoms with van der Waals surface area (Å²) in [5.41, 5.74) is 2.54. The fourth-order valence-corrected chi connectivity index (χ4v) is 5.74. The van der Waals surface area contributed by atoms with Crippen LogP contribution in [-0.4, -0.2) is 93.5 Å². The van der Waals surface area contributed by atoms with E-state index in [1.165, 1.54) is 0 Å². The Morgan fingerprint density at radius 1 is 1.26 bits per heavy atom. The maximum Gasteiger partial charge on any atom is 0.290 e. The van der Waals surface area contributed by atoms with Crippen molar-refractivity contribution < 1.29 is 19.0 Å². The smallest absolute Gasteiger partial charge is 0.290 e. The van der Waals surface area contributed by atoms with Crippen molar-refractivity contribution in [1.29, 1.82) is 5.26 Å². The van der Waals surface area contributed by atoms with E-state index in [9.17, 15) is 10.1 Å². The van der Waals surface area contributed by atoms with Crippen molar-refractivity contribution in [3.8, 4) is 17.5 Å². The largest absolute Gasteiger partial charge is 0.467 e. The molecule has 2 fully saturated rings. The number of imidazole rings is 1. The normalized spacial score (nSPS) is 19.0. The highest BCUT2D eigenvalue weighted by Gasteiger charge is 2.41. The second-order valence-electron chi connectivity index (χ2n) is 11.9. The molecule has 0 aliphatic carbocycles. The first-order valence-electron chi connectivity index (χ1n) is 13.4. The number of ether oxygens (including phenoxy) is 3. The molecule has 2 aliphatic rings. The second kappa shape index (κ2) is 11.9. The van der Waals surface area contributed by atoms with E-state index >= 15 is 0 Å². The van der Waals surface area contributed by atoms with Crippen molar-refractivity contribution in [2.24, 2.45) is 16.8 Å². The van der Waals surface area contributed by atoms with E-state index in [1.54, 1.807) is 15.8 Å². The lowest BCUT2D eigenvalue weighted by Gasteiger charge is -2.21. The molecule has 1 amide bonds. The Kier molecular flexibility index (Phi) is 8.79. The number of likely N-dealkylation sites (tertiary alicyclic amines) is 1. The number of carbonyl (C=O) groups is 1. The summed E-state index contributed by atoms with van der Waals surface area (Å²) in [4.78, 5) is 26.6. The Balaban J connectivity index is 1.72. The average molecular weight is 553 g/mol. The summed E-state index contributed by atoms with van der Waals surface area (Å²) in [5.74, 6) is 1.58. The van der Waals surface area contributed by atoms with E-state index in [2.05, 4.69) is 35.7 Å². The first-order valence-corrected chi connectivity index (χ1v) is 17.1. The molecule has 1 aromatic heterocycles. The van der Waals surface area contributed by atoms with Crippen LogP contribution in [0.5, 0.6) is 5.75 Å². The van der Waals surface area contributed by atoms with Gasteiger partial charge in [0.25, 0.3) is 5.91 Å². The third-order valence-corrected chi connectivity index (χ3v) is 8.89. The number of amides is 1. The van der Waals surface area contributed by atoms with Gasteiger partial charge in [-0.1, -0.05) is 25.7 Å². The van der Waals surface area contributed by atoms with Crippen molar-refractivity contribution in [3.05, 3.63) is 34.8 Å². The van der Waals surface area contributed by atoms with Crippen LogP contribution in [0.4, 0.5) is 5.82 Å². The topological polar surface area (TPSA) is 105 Å². The summed E-state index contributed by atoms with van der Waals surface area (Å²) < 4.78 is 19.1. The molecule has 2 aliphatic heterocycles. The molecule has 0 bridgehead atoms. The summed E-state index contributed by atoms with van der Waals surface area (Å²) in [6.45, 7) is 14.2. The fourth-order valence-electron chi connectivity index (χ4n) is 4.99. The van der Waals surface area contributed by atoms with Gasteiger partial charge in [0, 0.05) is 59.3 Å². The van der Waals surface area contributed by atoms with E-state index in [1.807, 2.05) is 45.0 Å². The molecular weight excluding hydrogens is 512 g/mol. The highest BCUT2D eigenvalue weighted by Crippen LogP contribution is 2.36. The zero-order valence-electron chi connectivity index (χ0n) is 24.2. The van der Waals surface area contributed by atoms with Crippen LogP contribution in [0.15, 0.2) is 17.1 Å². The van der Waals surface area contributed by atoms with Crippen molar-refractivity contribution in [2.75, 3.05) is 53.8 Å². The van der Waals surface area contributed by atoms with Crippen LogP contribution in [0.2, 0.25) is 25.7 Å². The van der Waals surface area contributed by atoms with Crippen LogP contribution in [0.3, 0.4) is 0 Å². The molecule has 0 N–H and O–H groups in total. The Hall–Kier alpha value is -3.20. The standard InChI is InChI=1S/C28H40N6O4Si/c1-19-8-9-24(38-18-36-10-11-39(5,6)7)20(2)25(19)34-26(30-17-32(3)4)23(12-29)31-27(34)28(35)33-13-21-15-37-16-22(21)14-33/h8-9,17,21-22H,10-11,13-16,18H2,1-7H3. The van der Waals surface area contributed by atoms with Crippen LogP contribution >= 0.6 is 0 Å². The van der Waals surface area contributed by atoms with Crippen LogP contribution < -0.4 is 4.74 Å². The molecule has 1 aromatic carbocycles. The molecule has 11 heteroatoms. The van der Waals surface area contributed by atoms with Crippen LogP contribution in [-0.2, 0) is 9.47 Å². The molecule has 2 atom stereocenters. The van der Waals surface area contributed by atoms with Gasteiger partial charge in [-0.25, -0.2) is 9.98 Å². The first kappa shape index (κ1) is 28.8. The van der Waals surface area contributed by atoms with E-state index in [4.69, 9.17) is 14.2 Å². The maximum absolute atomic E-state index is 13.9. The number of hydrogen-bond acceptors (Lipinski definition) is 7. The van der Waals surface area contributed by atoms with E-state index < -0.39 is 8.07 Å². The number of rotatable bonds is 10. The molecule has 2 aromatic rings. The van der Waals surface area contributed by atoms with Gasteiger partial charge in [-0.05, 0) is 31.5 Å². The Morgan fingerprint density at radius 3 is 2.56 bits per heavy atom. The molecule has 2 saturated heterocycles. The zero-order chi connectivity index (χ0) is 28.3. The zero-order valence-corrected chi connectivity index (χ0v) is 25.2. The lowest BCUT2D eigenvalue weighted by atomic mass is 10.0. The Labute approximate surface area is 232 Å². The van der Waals surface area contributed by atoms with Crippen LogP contribution in [0.25, 0.3) is 5.69 Å². The summed E-state index contributed by atoms with van der Waals surface area (Å²) in [6, 6.07) is 7.05. The van der Waals surface area contributed by atoms with Gasteiger partial charge in [0.05, 0.1) is 25.2 Å². The van der Waals surface area contributed by atoms with Crippen molar-refractivity contribution in [2.45, 2.75) is 39.5 Å². The lowest BCUT2D eigenvalue weighted by Crippen LogP contribution is -2.32. The highest BCUT2D eigenvalue weighted by atomic mass is 28.3. The van der Waals surface area contributed by atoms with Gasteiger partial charge in [-0.15, -0.1) is 0 Å². The monoisotopic (exact) mass is 552 g/mol. The summed E-state index contributed by atoms with van der Waals surface area (Å²) in [5, 5.41) is 9.97. The summed E-state index contributed by atoms with van der Waals surface area (Å²) >= 11 is 0. The van der Waals surface area contributed by atoms with Gasteiger partial charge in [0.1, 0.15) is 11.8 Å². The number of nitriles is 1. The van der Waals surface area contributed by atoms with Crippen molar-refractivity contribution in [1.82, 2.24) is 19.4 Å². The molecule has 10 nitrogen and oxygen atoms in total. The third-order valence-electron chi connectivity index (χ3n) is 7.19. The fraction of sp³-hybridized carbons (Fsp3) is 0.571. The molecule has 0 spiro atoms. The Bertz CT molecular complexity index is 1260. The number of fused-ring (bicyclic) bond motifs is 1. The van der Waals surface area contributed by atoms with Gasteiger partial charge >= 0.3 is 0 Å². The van der Waals surface area contributed by atoms with E-state index in [0.29, 0.717) is 56.3 Å². The molecule has 39 heavy (non-hydrogen) atoms. The number of aryl methyl sites for hydroxylation is 1. The number of nitrogens with zero attached hydrogens (tertiary/aromatic N) is 6. The predicted molar refractivity (Wildman–Crippen MR) is 153 cm³/mol. The van der Waals surface area contributed by atoms with Gasteiger partial charge in [0.2, 0.25) is 5.82 Å². The third kappa shape index (κ3) is 6.51. The van der Waals surface area contributed by atoms with Crippen LogP contribution in [0, 0.1) is 37.0 Å². The first-order chi connectivity index (χ1) is 18.5. The lowest BCUT2D eigenvalue weighted by molar-refractivity contribution is 0.0216. The van der Waals surface area contributed by atoms with Crippen molar-refractivity contribution >= 4 is 26.1 Å². The number of aliphatic imine (C=N–C) groups is 1. The molecule has 0 radical (unpaired) electrons. The highest BCUT2D eigenvalue weighted by molar-refractivity contribution is 6.76. The number of carbonyl (C=O) groups excluding carboxylic acids is 1. The summed E-state index contributed by atoms with van der Waals surface area (Å²) in [7, 11) is 2.50. The van der Waals surface area contributed by atoms with Crippen LogP contribution in [0.1, 0.15) is 27.4 Å². The number of aromatic nitrogens is 2. The van der Waals surface area contributed by atoms with Gasteiger partial charge in [0.15, 0.2) is 18.3 Å². The number of benzene rings is 1. The molecular formula is C28H40N6O4Si. The minimum Gasteiger partial charge on any atom is -0.467 e. The number of hydrogen-bond donors (Lipinski definition) is 0.